The van der Waals surface area contributed by atoms with Crippen molar-refractivity contribution in [3.63, 3.8) is 0 Å². The molecule has 4 rings (SSSR count). The molecule has 1 saturated carbocycles. The Balaban J connectivity index is 1.28. The van der Waals surface area contributed by atoms with Crippen molar-refractivity contribution in [3.05, 3.63) is 54.2 Å². The summed E-state index contributed by atoms with van der Waals surface area (Å²) in [5.41, 5.74) is 1.09. The lowest BCUT2D eigenvalue weighted by Crippen LogP contribution is -2.48. The molecule has 0 bridgehead atoms. The van der Waals surface area contributed by atoms with E-state index in [2.05, 4.69) is 16.0 Å². The number of amides is 1. The van der Waals surface area contributed by atoms with Gasteiger partial charge in [0.05, 0.1) is 12.0 Å². The number of hydrogen-bond donors (Lipinski definition) is 0. The molecular weight excluding hydrogens is 290 g/mol. The highest BCUT2D eigenvalue weighted by Gasteiger charge is 2.47. The van der Waals surface area contributed by atoms with Crippen LogP contribution in [0.1, 0.15) is 23.8 Å². The predicted molar refractivity (Wildman–Crippen MR) is 85.7 cm³/mol. The largest absolute Gasteiger partial charge is 0.469 e. The molecule has 0 radical (unpaired) electrons. The summed E-state index contributed by atoms with van der Waals surface area (Å²) in [5.74, 6) is 1.67. The fourth-order valence-electron chi connectivity index (χ4n) is 3.37. The van der Waals surface area contributed by atoms with E-state index in [1.165, 1.54) is 0 Å². The van der Waals surface area contributed by atoms with Gasteiger partial charge in [-0.25, -0.2) is 0 Å². The molecule has 0 N–H and O–H groups in total. The number of piperazine rings is 1. The van der Waals surface area contributed by atoms with Crippen LogP contribution in [-0.4, -0.2) is 46.9 Å². The average molecular weight is 311 g/mol. The van der Waals surface area contributed by atoms with Crippen LogP contribution < -0.4 is 0 Å². The summed E-state index contributed by atoms with van der Waals surface area (Å²) >= 11 is 0. The molecule has 0 unspecified atom stereocenters. The molecule has 1 amide bonds. The highest BCUT2D eigenvalue weighted by Crippen LogP contribution is 2.48. The Hall–Kier alpha value is -2.14. The molecule has 5 nitrogen and oxygen atoms in total. The summed E-state index contributed by atoms with van der Waals surface area (Å²) in [6.07, 6.45) is 4.45. The molecule has 23 heavy (non-hydrogen) atoms. The first kappa shape index (κ1) is 14.5. The van der Waals surface area contributed by atoms with Gasteiger partial charge in [-0.05, 0) is 30.7 Å². The van der Waals surface area contributed by atoms with Crippen molar-refractivity contribution >= 4 is 5.91 Å². The number of carbonyl (C=O) groups is 1. The van der Waals surface area contributed by atoms with Gasteiger partial charge in [0.2, 0.25) is 5.91 Å². The number of aromatic nitrogens is 1. The van der Waals surface area contributed by atoms with Crippen molar-refractivity contribution in [3.8, 4) is 0 Å². The Labute approximate surface area is 135 Å². The molecule has 2 aromatic heterocycles. The summed E-state index contributed by atoms with van der Waals surface area (Å²) in [4.78, 5) is 21.3. The number of nitrogens with zero attached hydrogens (tertiary/aromatic N) is 3. The third-order valence-corrected chi connectivity index (χ3v) is 4.81. The molecule has 2 aromatic rings. The van der Waals surface area contributed by atoms with Crippen molar-refractivity contribution in [2.75, 3.05) is 26.2 Å². The second-order valence-corrected chi connectivity index (χ2v) is 6.39. The predicted octanol–water partition coefficient (Wildman–Crippen LogP) is 2.12. The number of rotatable bonds is 4. The highest BCUT2D eigenvalue weighted by atomic mass is 16.3. The smallest absolute Gasteiger partial charge is 0.226 e. The Morgan fingerprint density at radius 3 is 2.74 bits per heavy atom. The van der Waals surface area contributed by atoms with Crippen LogP contribution in [-0.2, 0) is 11.3 Å². The van der Waals surface area contributed by atoms with Crippen molar-refractivity contribution in [2.45, 2.75) is 18.9 Å². The van der Waals surface area contributed by atoms with Gasteiger partial charge in [-0.2, -0.15) is 0 Å². The van der Waals surface area contributed by atoms with Gasteiger partial charge < -0.3 is 9.32 Å². The van der Waals surface area contributed by atoms with Gasteiger partial charge in [-0.15, -0.1) is 0 Å². The van der Waals surface area contributed by atoms with Gasteiger partial charge in [0.1, 0.15) is 5.76 Å². The minimum Gasteiger partial charge on any atom is -0.469 e. The maximum Gasteiger partial charge on any atom is 0.226 e. The third-order valence-electron chi connectivity index (χ3n) is 4.81. The highest BCUT2D eigenvalue weighted by molar-refractivity contribution is 5.83. The maximum atomic E-state index is 12.6. The van der Waals surface area contributed by atoms with Crippen molar-refractivity contribution in [2.24, 2.45) is 5.92 Å². The molecule has 120 valence electrons. The summed E-state index contributed by atoms with van der Waals surface area (Å²) in [6.45, 7) is 4.32. The Morgan fingerprint density at radius 2 is 2.04 bits per heavy atom. The van der Waals surface area contributed by atoms with E-state index < -0.39 is 0 Å². The summed E-state index contributed by atoms with van der Waals surface area (Å²) in [5, 5.41) is 0. The lowest BCUT2D eigenvalue weighted by atomic mass is 10.2. The SMILES string of the molecule is O=C([C@@H]1C[C@H]1c1ccco1)N1CCN(Cc2ccccn2)CC1. The molecule has 5 heteroatoms. The van der Waals surface area contributed by atoms with Crippen LogP contribution in [0.25, 0.3) is 0 Å². The number of pyridine rings is 1. The van der Waals surface area contributed by atoms with E-state index in [4.69, 9.17) is 4.42 Å². The quantitative estimate of drug-likeness (QED) is 0.868. The Kier molecular flexibility index (Phi) is 3.87. The Bertz CT molecular complexity index is 648. The molecule has 1 aliphatic carbocycles. The first-order valence-corrected chi connectivity index (χ1v) is 8.26. The third kappa shape index (κ3) is 3.15. The standard InChI is InChI=1S/C18H21N3O2/c22-18(16-12-15(16)17-5-3-11-23-17)21-9-7-20(8-10-21)13-14-4-1-2-6-19-14/h1-6,11,15-16H,7-10,12-13H2/t15-,16-/m1/s1. The molecule has 3 heterocycles. The van der Waals surface area contributed by atoms with E-state index in [0.717, 1.165) is 50.6 Å². The van der Waals surface area contributed by atoms with E-state index in [9.17, 15) is 4.79 Å². The van der Waals surface area contributed by atoms with Gasteiger partial charge in [-0.3, -0.25) is 14.7 Å². The summed E-state index contributed by atoms with van der Waals surface area (Å²) in [7, 11) is 0. The van der Waals surface area contributed by atoms with Crippen LogP contribution in [0.2, 0.25) is 0 Å². The molecule has 0 spiro atoms. The van der Waals surface area contributed by atoms with Gasteiger partial charge in [0, 0.05) is 50.8 Å². The van der Waals surface area contributed by atoms with Crippen molar-refractivity contribution in [1.82, 2.24) is 14.8 Å². The minimum atomic E-state index is 0.128. The molecule has 0 aromatic carbocycles. The first-order valence-electron chi connectivity index (χ1n) is 8.26. The summed E-state index contributed by atoms with van der Waals surface area (Å²) < 4.78 is 5.42. The lowest BCUT2D eigenvalue weighted by Gasteiger charge is -2.34. The van der Waals surface area contributed by atoms with E-state index in [0.29, 0.717) is 11.8 Å². The molecule has 1 saturated heterocycles. The fraction of sp³-hybridized carbons (Fsp3) is 0.444. The second kappa shape index (κ2) is 6.16. The number of hydrogen-bond acceptors (Lipinski definition) is 4. The van der Waals surface area contributed by atoms with Gasteiger partial charge in [0.25, 0.3) is 0 Å². The molecule has 2 aliphatic rings. The second-order valence-electron chi connectivity index (χ2n) is 6.39. The summed E-state index contributed by atoms with van der Waals surface area (Å²) in [6, 6.07) is 9.87. The monoisotopic (exact) mass is 311 g/mol. The van der Waals surface area contributed by atoms with Gasteiger partial charge in [0.15, 0.2) is 0 Å². The van der Waals surface area contributed by atoms with Crippen LogP contribution in [0, 0.1) is 5.92 Å². The zero-order valence-corrected chi connectivity index (χ0v) is 13.1. The van der Waals surface area contributed by atoms with Gasteiger partial charge >= 0.3 is 0 Å². The molecule has 1 aliphatic heterocycles. The molecule has 2 fully saturated rings. The minimum absolute atomic E-state index is 0.128. The van der Waals surface area contributed by atoms with E-state index in [1.54, 1.807) is 6.26 Å². The number of furan rings is 1. The van der Waals surface area contributed by atoms with Crippen LogP contribution in [0.5, 0.6) is 0 Å². The molecular formula is C18H21N3O2. The topological polar surface area (TPSA) is 49.6 Å². The van der Waals surface area contributed by atoms with Crippen LogP contribution in [0.4, 0.5) is 0 Å². The van der Waals surface area contributed by atoms with E-state index >= 15 is 0 Å². The van der Waals surface area contributed by atoms with Crippen molar-refractivity contribution < 1.29 is 9.21 Å². The zero-order chi connectivity index (χ0) is 15.6. The zero-order valence-electron chi connectivity index (χ0n) is 13.1. The van der Waals surface area contributed by atoms with Crippen LogP contribution in [0.3, 0.4) is 0 Å². The Morgan fingerprint density at radius 1 is 1.17 bits per heavy atom. The van der Waals surface area contributed by atoms with Crippen molar-refractivity contribution in [1.29, 1.82) is 0 Å². The van der Waals surface area contributed by atoms with E-state index in [-0.39, 0.29) is 5.92 Å². The average Bonchev–Trinajstić information content (AvgIpc) is 3.21. The van der Waals surface area contributed by atoms with E-state index in [1.807, 2.05) is 35.4 Å². The van der Waals surface area contributed by atoms with Crippen LogP contribution >= 0.6 is 0 Å². The maximum absolute atomic E-state index is 12.6. The normalized spacial score (nSPS) is 24.6. The first-order chi connectivity index (χ1) is 11.3. The van der Waals surface area contributed by atoms with Crippen LogP contribution in [0.15, 0.2) is 47.2 Å². The number of carbonyl (C=O) groups excluding carboxylic acids is 1. The van der Waals surface area contributed by atoms with Gasteiger partial charge in [-0.1, -0.05) is 6.07 Å². The molecule has 2 atom stereocenters. The fourth-order valence-corrected chi connectivity index (χ4v) is 3.37. The lowest BCUT2D eigenvalue weighted by molar-refractivity contribution is -0.134.